The molecule has 15 heavy (non-hydrogen) atoms. The van der Waals surface area contributed by atoms with Crippen LogP contribution < -0.4 is 0 Å². The van der Waals surface area contributed by atoms with Gasteiger partial charge in [-0.15, -0.1) is 0 Å². The zero-order valence-corrected chi connectivity index (χ0v) is 8.68. The summed E-state index contributed by atoms with van der Waals surface area (Å²) in [5.74, 6) is -0.137. The number of carbonyl (C=O) groups is 1. The van der Waals surface area contributed by atoms with E-state index >= 15 is 0 Å². The standard InChI is InChI=1S/C11H14N2O2/c1-2-13(8-3-4-8)11(15)9-5-6-12-7-10(9)14/h5-8,14H,2-4H2,1H3. The predicted molar refractivity (Wildman–Crippen MR) is 55.6 cm³/mol. The molecule has 0 spiro atoms. The fourth-order valence-corrected chi connectivity index (χ4v) is 1.68. The molecule has 1 aromatic rings. The van der Waals surface area contributed by atoms with Crippen LogP contribution in [0.2, 0.25) is 0 Å². The summed E-state index contributed by atoms with van der Waals surface area (Å²) in [6.45, 7) is 2.64. The molecule has 1 aliphatic carbocycles. The van der Waals surface area contributed by atoms with E-state index in [1.807, 2.05) is 6.92 Å². The van der Waals surface area contributed by atoms with E-state index in [-0.39, 0.29) is 11.7 Å². The number of carbonyl (C=O) groups excluding carboxylic acids is 1. The summed E-state index contributed by atoms with van der Waals surface area (Å²) in [6, 6.07) is 1.93. The van der Waals surface area contributed by atoms with Crippen molar-refractivity contribution in [3.8, 4) is 5.75 Å². The van der Waals surface area contributed by atoms with Crippen LogP contribution in [0.15, 0.2) is 18.5 Å². The Bertz CT molecular complexity index is 375. The van der Waals surface area contributed by atoms with Gasteiger partial charge >= 0.3 is 0 Å². The highest BCUT2D eigenvalue weighted by atomic mass is 16.3. The van der Waals surface area contributed by atoms with Crippen molar-refractivity contribution in [2.75, 3.05) is 6.54 Å². The van der Waals surface area contributed by atoms with Crippen LogP contribution in [0.25, 0.3) is 0 Å². The number of hydrogen-bond donors (Lipinski definition) is 1. The smallest absolute Gasteiger partial charge is 0.257 e. The molecule has 0 saturated heterocycles. The van der Waals surface area contributed by atoms with Crippen molar-refractivity contribution in [2.45, 2.75) is 25.8 Å². The third-order valence-corrected chi connectivity index (χ3v) is 2.62. The zero-order chi connectivity index (χ0) is 10.8. The Balaban J connectivity index is 2.22. The van der Waals surface area contributed by atoms with Crippen molar-refractivity contribution in [3.05, 3.63) is 24.0 Å². The van der Waals surface area contributed by atoms with E-state index in [0.717, 1.165) is 12.8 Å². The van der Waals surface area contributed by atoms with E-state index in [1.165, 1.54) is 12.4 Å². The van der Waals surface area contributed by atoms with Crippen LogP contribution in [0, 0.1) is 0 Å². The molecule has 1 heterocycles. The molecule has 1 aliphatic rings. The maximum atomic E-state index is 12.0. The fourth-order valence-electron chi connectivity index (χ4n) is 1.68. The second-order valence-corrected chi connectivity index (χ2v) is 3.72. The van der Waals surface area contributed by atoms with Crippen molar-refractivity contribution in [1.29, 1.82) is 0 Å². The Morgan fingerprint density at radius 2 is 2.40 bits per heavy atom. The normalized spacial score (nSPS) is 15.0. The number of hydrogen-bond acceptors (Lipinski definition) is 3. The van der Waals surface area contributed by atoms with Gasteiger partial charge in [-0.2, -0.15) is 0 Å². The minimum absolute atomic E-state index is 0.0402. The van der Waals surface area contributed by atoms with Crippen molar-refractivity contribution >= 4 is 5.91 Å². The summed E-state index contributed by atoms with van der Waals surface area (Å²) in [5, 5.41) is 9.52. The molecule has 4 heteroatoms. The van der Waals surface area contributed by atoms with Gasteiger partial charge in [0.05, 0.1) is 11.8 Å². The van der Waals surface area contributed by atoms with Crippen LogP contribution in [0.1, 0.15) is 30.1 Å². The van der Waals surface area contributed by atoms with Gasteiger partial charge in [0.15, 0.2) is 0 Å². The number of aromatic nitrogens is 1. The van der Waals surface area contributed by atoms with Crippen molar-refractivity contribution < 1.29 is 9.90 Å². The van der Waals surface area contributed by atoms with Gasteiger partial charge in [0.1, 0.15) is 5.75 Å². The highest BCUT2D eigenvalue weighted by Gasteiger charge is 2.32. The molecule has 1 amide bonds. The van der Waals surface area contributed by atoms with Crippen LogP contribution in [0.5, 0.6) is 5.75 Å². The van der Waals surface area contributed by atoms with Crippen molar-refractivity contribution in [3.63, 3.8) is 0 Å². The first kappa shape index (κ1) is 9.96. The van der Waals surface area contributed by atoms with E-state index in [9.17, 15) is 9.90 Å². The van der Waals surface area contributed by atoms with Crippen molar-refractivity contribution in [1.82, 2.24) is 9.88 Å². The first-order valence-corrected chi connectivity index (χ1v) is 5.18. The van der Waals surface area contributed by atoms with E-state index < -0.39 is 0 Å². The Labute approximate surface area is 88.6 Å². The van der Waals surface area contributed by atoms with Gasteiger partial charge < -0.3 is 10.0 Å². The third-order valence-electron chi connectivity index (χ3n) is 2.62. The second kappa shape index (κ2) is 3.88. The number of rotatable bonds is 3. The lowest BCUT2D eigenvalue weighted by Crippen LogP contribution is -2.32. The van der Waals surface area contributed by atoms with Crippen LogP contribution in [0.3, 0.4) is 0 Å². The first-order valence-electron chi connectivity index (χ1n) is 5.18. The summed E-state index contributed by atoms with van der Waals surface area (Å²) in [4.78, 5) is 17.6. The average molecular weight is 206 g/mol. The lowest BCUT2D eigenvalue weighted by Gasteiger charge is -2.20. The van der Waals surface area contributed by atoms with E-state index in [4.69, 9.17) is 0 Å². The molecule has 80 valence electrons. The average Bonchev–Trinajstić information content (AvgIpc) is 3.03. The van der Waals surface area contributed by atoms with E-state index in [1.54, 1.807) is 11.0 Å². The van der Waals surface area contributed by atoms with Crippen LogP contribution in [-0.2, 0) is 0 Å². The number of pyridine rings is 1. The van der Waals surface area contributed by atoms with Crippen LogP contribution in [-0.4, -0.2) is 33.5 Å². The molecule has 0 atom stereocenters. The summed E-state index contributed by atoms with van der Waals surface area (Å²) >= 11 is 0. The molecule has 1 aromatic heterocycles. The van der Waals surface area contributed by atoms with Gasteiger partial charge in [0.2, 0.25) is 0 Å². The molecule has 0 unspecified atom stereocenters. The molecule has 1 saturated carbocycles. The highest BCUT2D eigenvalue weighted by Crippen LogP contribution is 2.29. The molecule has 1 N–H and O–H groups in total. The molecular formula is C11H14N2O2. The monoisotopic (exact) mass is 206 g/mol. The van der Waals surface area contributed by atoms with E-state index in [2.05, 4.69) is 4.98 Å². The Hall–Kier alpha value is -1.58. The fraction of sp³-hybridized carbons (Fsp3) is 0.455. The topological polar surface area (TPSA) is 53.4 Å². The van der Waals surface area contributed by atoms with Crippen LogP contribution >= 0.6 is 0 Å². The summed E-state index contributed by atoms with van der Waals surface area (Å²) in [6.07, 6.45) is 4.97. The summed E-state index contributed by atoms with van der Waals surface area (Å²) < 4.78 is 0. The maximum absolute atomic E-state index is 12.0. The van der Waals surface area contributed by atoms with Gasteiger partial charge in [-0.05, 0) is 25.8 Å². The number of nitrogens with zero attached hydrogens (tertiary/aromatic N) is 2. The SMILES string of the molecule is CCN(C(=O)c1ccncc1O)C1CC1. The van der Waals surface area contributed by atoms with Gasteiger partial charge in [-0.25, -0.2) is 0 Å². The lowest BCUT2D eigenvalue weighted by molar-refractivity contribution is 0.0749. The largest absolute Gasteiger partial charge is 0.505 e. The minimum atomic E-state index is -0.0973. The molecule has 0 bridgehead atoms. The Morgan fingerprint density at radius 3 is 2.93 bits per heavy atom. The molecule has 2 rings (SSSR count). The molecular weight excluding hydrogens is 192 g/mol. The number of aromatic hydroxyl groups is 1. The highest BCUT2D eigenvalue weighted by molar-refractivity contribution is 5.96. The minimum Gasteiger partial charge on any atom is -0.505 e. The molecule has 4 nitrogen and oxygen atoms in total. The van der Waals surface area contributed by atoms with Gasteiger partial charge in [0, 0.05) is 18.8 Å². The summed E-state index contributed by atoms with van der Waals surface area (Å²) in [7, 11) is 0. The first-order chi connectivity index (χ1) is 7.24. The summed E-state index contributed by atoms with van der Waals surface area (Å²) in [5.41, 5.74) is 0.346. The quantitative estimate of drug-likeness (QED) is 0.813. The Kier molecular flexibility index (Phi) is 2.58. The molecule has 0 radical (unpaired) electrons. The van der Waals surface area contributed by atoms with Gasteiger partial charge in [-0.3, -0.25) is 9.78 Å². The van der Waals surface area contributed by atoms with Crippen LogP contribution in [0.4, 0.5) is 0 Å². The molecule has 0 aromatic carbocycles. The third kappa shape index (κ3) is 1.93. The zero-order valence-electron chi connectivity index (χ0n) is 8.68. The maximum Gasteiger partial charge on any atom is 0.257 e. The van der Waals surface area contributed by atoms with Gasteiger partial charge in [0.25, 0.3) is 5.91 Å². The predicted octanol–water partition coefficient (Wildman–Crippen LogP) is 1.41. The second-order valence-electron chi connectivity index (χ2n) is 3.72. The Morgan fingerprint density at radius 1 is 1.67 bits per heavy atom. The lowest BCUT2D eigenvalue weighted by atomic mass is 10.2. The molecule has 0 aliphatic heterocycles. The van der Waals surface area contributed by atoms with E-state index in [0.29, 0.717) is 18.2 Å². The van der Waals surface area contributed by atoms with Gasteiger partial charge in [-0.1, -0.05) is 0 Å². The number of amides is 1. The van der Waals surface area contributed by atoms with Crippen molar-refractivity contribution in [2.24, 2.45) is 0 Å². The molecule has 1 fully saturated rings.